The molecule has 2 rings (SSSR count). The second-order valence-electron chi connectivity index (χ2n) is 5.74. The van der Waals surface area contributed by atoms with Crippen molar-refractivity contribution in [2.75, 3.05) is 31.5 Å². The Morgan fingerprint density at radius 2 is 2.19 bits per heavy atom. The van der Waals surface area contributed by atoms with Crippen molar-refractivity contribution >= 4 is 11.6 Å². The molecule has 1 saturated heterocycles. The van der Waals surface area contributed by atoms with Crippen LogP contribution in [0.4, 0.5) is 5.69 Å². The summed E-state index contributed by atoms with van der Waals surface area (Å²) in [4.78, 5) is 18.8. The molecule has 1 aliphatic heterocycles. The highest BCUT2D eigenvalue weighted by atomic mass is 16.1. The van der Waals surface area contributed by atoms with Gasteiger partial charge in [0.2, 0.25) is 0 Å². The van der Waals surface area contributed by atoms with E-state index in [0.717, 1.165) is 38.3 Å². The van der Waals surface area contributed by atoms with Gasteiger partial charge in [0.1, 0.15) is 5.69 Å². The van der Waals surface area contributed by atoms with E-state index < -0.39 is 0 Å². The maximum Gasteiger partial charge on any atom is 0.270 e. The predicted octanol–water partition coefficient (Wildman–Crippen LogP) is 2.12. The summed E-state index contributed by atoms with van der Waals surface area (Å²) >= 11 is 0. The number of rotatable bonds is 7. The summed E-state index contributed by atoms with van der Waals surface area (Å²) in [5, 5.41) is 6.31. The summed E-state index contributed by atoms with van der Waals surface area (Å²) in [5.74, 6) is -0.0955. The Kier molecular flexibility index (Phi) is 5.99. The summed E-state index contributed by atoms with van der Waals surface area (Å²) < 4.78 is 0. The van der Waals surface area contributed by atoms with E-state index in [2.05, 4.69) is 34.4 Å². The molecule has 1 aromatic rings. The van der Waals surface area contributed by atoms with Crippen molar-refractivity contribution < 1.29 is 4.79 Å². The normalized spacial score (nSPS) is 16.7. The lowest BCUT2D eigenvalue weighted by molar-refractivity contribution is 0.0927. The lowest BCUT2D eigenvalue weighted by Gasteiger charge is -2.21. The fourth-order valence-corrected chi connectivity index (χ4v) is 2.63. The predicted molar refractivity (Wildman–Crippen MR) is 85.6 cm³/mol. The van der Waals surface area contributed by atoms with Crippen LogP contribution in [0.15, 0.2) is 18.3 Å². The van der Waals surface area contributed by atoms with Crippen LogP contribution in [-0.2, 0) is 0 Å². The van der Waals surface area contributed by atoms with Gasteiger partial charge in [0, 0.05) is 31.0 Å². The number of nitrogens with zero attached hydrogens (tertiary/aromatic N) is 2. The van der Waals surface area contributed by atoms with Gasteiger partial charge in [-0.3, -0.25) is 9.78 Å². The maximum atomic E-state index is 12.2. The molecule has 1 fully saturated rings. The van der Waals surface area contributed by atoms with Gasteiger partial charge in [-0.05, 0) is 51.4 Å². The quantitative estimate of drug-likeness (QED) is 0.807. The molecule has 0 radical (unpaired) electrons. The average Bonchev–Trinajstić information content (AvgIpc) is 2.98. The van der Waals surface area contributed by atoms with Crippen LogP contribution in [0.25, 0.3) is 0 Å². The largest absolute Gasteiger partial charge is 0.385 e. The Labute approximate surface area is 127 Å². The molecule has 0 bridgehead atoms. The molecular formula is C16H26N4O. The van der Waals surface area contributed by atoms with Crippen LogP contribution in [0.3, 0.4) is 0 Å². The number of pyridine rings is 1. The molecule has 1 atom stereocenters. The average molecular weight is 290 g/mol. The number of hydrogen-bond donors (Lipinski definition) is 2. The van der Waals surface area contributed by atoms with Crippen LogP contribution in [0.2, 0.25) is 0 Å². The lowest BCUT2D eigenvalue weighted by atomic mass is 10.2. The third kappa shape index (κ3) is 5.01. The molecule has 21 heavy (non-hydrogen) atoms. The fourth-order valence-electron chi connectivity index (χ4n) is 2.63. The number of hydrogen-bond acceptors (Lipinski definition) is 4. The van der Waals surface area contributed by atoms with E-state index in [4.69, 9.17) is 0 Å². The first kappa shape index (κ1) is 15.8. The van der Waals surface area contributed by atoms with Crippen molar-refractivity contribution in [2.24, 2.45) is 0 Å². The first-order valence-corrected chi connectivity index (χ1v) is 7.92. The van der Waals surface area contributed by atoms with Crippen LogP contribution in [0, 0.1) is 0 Å². The smallest absolute Gasteiger partial charge is 0.270 e. The highest BCUT2D eigenvalue weighted by Gasteiger charge is 2.17. The number of amides is 1. The molecule has 1 aliphatic rings. The number of aromatic nitrogens is 1. The second-order valence-corrected chi connectivity index (χ2v) is 5.74. The number of carbonyl (C=O) groups excluding carboxylic acids is 1. The molecule has 116 valence electrons. The van der Waals surface area contributed by atoms with Crippen LogP contribution in [0.5, 0.6) is 0 Å². The Morgan fingerprint density at radius 3 is 2.90 bits per heavy atom. The fraction of sp³-hybridized carbons (Fsp3) is 0.625. The van der Waals surface area contributed by atoms with Gasteiger partial charge in [0.05, 0.1) is 0 Å². The van der Waals surface area contributed by atoms with E-state index in [-0.39, 0.29) is 11.9 Å². The third-order valence-corrected chi connectivity index (χ3v) is 3.68. The molecule has 1 unspecified atom stereocenters. The van der Waals surface area contributed by atoms with E-state index in [9.17, 15) is 4.79 Å². The van der Waals surface area contributed by atoms with Crippen molar-refractivity contribution in [3.8, 4) is 0 Å². The summed E-state index contributed by atoms with van der Waals surface area (Å²) in [6.07, 6.45) is 5.27. The van der Waals surface area contributed by atoms with E-state index >= 15 is 0 Å². The van der Waals surface area contributed by atoms with Crippen LogP contribution >= 0.6 is 0 Å². The topological polar surface area (TPSA) is 57.3 Å². The minimum atomic E-state index is -0.0955. The van der Waals surface area contributed by atoms with Gasteiger partial charge < -0.3 is 15.5 Å². The number of nitrogens with one attached hydrogen (secondary N) is 2. The van der Waals surface area contributed by atoms with Crippen LogP contribution in [-0.4, -0.2) is 48.0 Å². The molecule has 0 aliphatic carbocycles. The molecule has 1 amide bonds. The number of carbonyl (C=O) groups is 1. The SMILES string of the molecule is CCCNc1ccnc(C(=O)NC(C)CN2CCCC2)c1. The number of likely N-dealkylation sites (tertiary alicyclic amines) is 1. The van der Waals surface area contributed by atoms with Crippen molar-refractivity contribution in [2.45, 2.75) is 39.2 Å². The first-order chi connectivity index (χ1) is 10.2. The molecule has 5 nitrogen and oxygen atoms in total. The van der Waals surface area contributed by atoms with Crippen molar-refractivity contribution in [1.29, 1.82) is 0 Å². The zero-order valence-electron chi connectivity index (χ0n) is 13.1. The van der Waals surface area contributed by atoms with Crippen molar-refractivity contribution in [3.63, 3.8) is 0 Å². The Balaban J connectivity index is 1.86. The zero-order valence-corrected chi connectivity index (χ0v) is 13.1. The van der Waals surface area contributed by atoms with Gasteiger partial charge in [-0.15, -0.1) is 0 Å². The Morgan fingerprint density at radius 1 is 1.43 bits per heavy atom. The standard InChI is InChI=1S/C16H26N4O/c1-3-7-17-14-6-8-18-15(11-14)16(21)19-13(2)12-20-9-4-5-10-20/h6,8,11,13H,3-5,7,9-10,12H2,1-2H3,(H,17,18)(H,19,21). The van der Waals surface area contributed by atoms with Gasteiger partial charge >= 0.3 is 0 Å². The third-order valence-electron chi connectivity index (χ3n) is 3.68. The van der Waals surface area contributed by atoms with Gasteiger partial charge in [-0.1, -0.05) is 6.92 Å². The Bertz CT molecular complexity index is 457. The second kappa shape index (κ2) is 7.98. The monoisotopic (exact) mass is 290 g/mol. The van der Waals surface area contributed by atoms with Crippen molar-refractivity contribution in [3.05, 3.63) is 24.0 Å². The van der Waals surface area contributed by atoms with Gasteiger partial charge in [0.25, 0.3) is 5.91 Å². The molecule has 1 aromatic heterocycles. The summed E-state index contributed by atoms with van der Waals surface area (Å²) in [5.41, 5.74) is 1.42. The van der Waals surface area contributed by atoms with Crippen LogP contribution < -0.4 is 10.6 Å². The molecule has 5 heteroatoms. The molecule has 0 saturated carbocycles. The highest BCUT2D eigenvalue weighted by molar-refractivity contribution is 5.93. The summed E-state index contributed by atoms with van der Waals surface area (Å²) in [6, 6.07) is 3.85. The van der Waals surface area contributed by atoms with Crippen LogP contribution in [0.1, 0.15) is 43.6 Å². The minimum absolute atomic E-state index is 0.0955. The van der Waals surface area contributed by atoms with E-state index in [1.807, 2.05) is 12.1 Å². The first-order valence-electron chi connectivity index (χ1n) is 7.92. The molecule has 0 aromatic carbocycles. The maximum absolute atomic E-state index is 12.2. The van der Waals surface area contributed by atoms with E-state index in [1.165, 1.54) is 12.8 Å². The minimum Gasteiger partial charge on any atom is -0.385 e. The number of anilines is 1. The van der Waals surface area contributed by atoms with Gasteiger partial charge in [-0.2, -0.15) is 0 Å². The summed E-state index contributed by atoms with van der Waals surface area (Å²) in [6.45, 7) is 8.27. The van der Waals surface area contributed by atoms with Gasteiger partial charge in [-0.25, -0.2) is 0 Å². The molecular weight excluding hydrogens is 264 g/mol. The Hall–Kier alpha value is -1.62. The zero-order chi connectivity index (χ0) is 15.1. The molecule has 2 N–H and O–H groups in total. The molecule has 2 heterocycles. The van der Waals surface area contributed by atoms with Crippen molar-refractivity contribution in [1.82, 2.24) is 15.2 Å². The lowest BCUT2D eigenvalue weighted by Crippen LogP contribution is -2.41. The van der Waals surface area contributed by atoms with E-state index in [1.54, 1.807) is 6.20 Å². The van der Waals surface area contributed by atoms with E-state index in [0.29, 0.717) is 5.69 Å². The molecule has 0 spiro atoms. The highest BCUT2D eigenvalue weighted by Crippen LogP contribution is 2.10. The van der Waals surface area contributed by atoms with Gasteiger partial charge in [0.15, 0.2) is 0 Å². The summed E-state index contributed by atoms with van der Waals surface area (Å²) in [7, 11) is 0.